The zero-order valence-corrected chi connectivity index (χ0v) is 16.1. The molecule has 1 aromatic carbocycles. The molecule has 4 rings (SSSR count). The molecule has 29 heavy (non-hydrogen) atoms. The molecule has 2 saturated heterocycles. The van der Waals surface area contributed by atoms with Crippen molar-refractivity contribution in [2.45, 2.75) is 19.4 Å². The van der Waals surface area contributed by atoms with Crippen LogP contribution >= 0.6 is 0 Å². The molecule has 0 spiro atoms. The lowest BCUT2D eigenvalue weighted by Gasteiger charge is -2.33. The lowest BCUT2D eigenvalue weighted by molar-refractivity contribution is -0.157. The van der Waals surface area contributed by atoms with Crippen molar-refractivity contribution < 1.29 is 24.2 Å². The number of likely N-dealkylation sites (tertiary alicyclic amines) is 1. The number of amides is 1. The first-order chi connectivity index (χ1) is 14.1. The van der Waals surface area contributed by atoms with Crippen molar-refractivity contribution in [1.82, 2.24) is 9.88 Å². The fourth-order valence-electron chi connectivity index (χ4n) is 4.17. The Bertz CT molecular complexity index is 888. The number of carboxylic acids is 1. The van der Waals surface area contributed by atoms with Gasteiger partial charge in [0.15, 0.2) is 0 Å². The van der Waals surface area contributed by atoms with Gasteiger partial charge in [-0.05, 0) is 30.2 Å². The third-order valence-electron chi connectivity index (χ3n) is 5.87. The fourth-order valence-corrected chi connectivity index (χ4v) is 4.17. The van der Waals surface area contributed by atoms with Gasteiger partial charge in [-0.2, -0.15) is 0 Å². The molecule has 3 heterocycles. The number of hydrogen-bond donors (Lipinski definition) is 1. The van der Waals surface area contributed by atoms with Crippen LogP contribution in [-0.4, -0.2) is 53.2 Å². The summed E-state index contributed by atoms with van der Waals surface area (Å²) in [5, 5.41) is 9.76. The predicted molar refractivity (Wildman–Crippen MR) is 104 cm³/mol. The van der Waals surface area contributed by atoms with Crippen molar-refractivity contribution in [1.29, 1.82) is 0 Å². The number of aliphatic carboxylic acids is 1. The highest BCUT2D eigenvalue weighted by molar-refractivity contribution is 5.82. The molecule has 0 radical (unpaired) electrons. The summed E-state index contributed by atoms with van der Waals surface area (Å²) in [5.74, 6) is -0.354. The van der Waals surface area contributed by atoms with Gasteiger partial charge in [0.25, 0.3) is 0 Å². The Labute approximate surface area is 169 Å². The number of rotatable bonds is 6. The van der Waals surface area contributed by atoms with Crippen LogP contribution in [0, 0.1) is 11.3 Å². The molecule has 2 aliphatic heterocycles. The maximum absolute atomic E-state index is 12.9. The maximum atomic E-state index is 12.9. The van der Waals surface area contributed by atoms with Crippen molar-refractivity contribution in [3.8, 4) is 5.75 Å². The summed E-state index contributed by atoms with van der Waals surface area (Å²) >= 11 is 0. The van der Waals surface area contributed by atoms with Gasteiger partial charge in [-0.15, -0.1) is 0 Å². The Morgan fingerprint density at radius 2 is 2.14 bits per heavy atom. The highest BCUT2D eigenvalue weighted by atomic mass is 16.5. The molecule has 7 nitrogen and oxygen atoms in total. The number of nitrogens with zero attached hydrogens (tertiary/aromatic N) is 2. The van der Waals surface area contributed by atoms with Crippen LogP contribution in [0.5, 0.6) is 5.75 Å². The molecule has 2 aromatic rings. The zero-order chi connectivity index (χ0) is 20.3. The van der Waals surface area contributed by atoms with Crippen LogP contribution < -0.4 is 4.74 Å². The normalized spacial score (nSPS) is 23.4. The monoisotopic (exact) mass is 396 g/mol. The molecule has 0 saturated carbocycles. The van der Waals surface area contributed by atoms with E-state index in [0.717, 1.165) is 11.1 Å². The van der Waals surface area contributed by atoms with Gasteiger partial charge >= 0.3 is 5.97 Å². The molecule has 2 atom stereocenters. The van der Waals surface area contributed by atoms with Crippen molar-refractivity contribution in [2.75, 3.05) is 26.3 Å². The molecular formula is C22H24N2O5. The Balaban J connectivity index is 1.39. The second-order valence-corrected chi connectivity index (χ2v) is 7.73. The smallest absolute Gasteiger partial charge is 0.311 e. The first-order valence-electron chi connectivity index (χ1n) is 9.76. The lowest BCUT2D eigenvalue weighted by Crippen LogP contribution is -2.45. The molecule has 0 aliphatic carbocycles. The van der Waals surface area contributed by atoms with Crippen LogP contribution in [0.25, 0.3) is 0 Å². The topological polar surface area (TPSA) is 89.0 Å². The third kappa shape index (κ3) is 4.10. The summed E-state index contributed by atoms with van der Waals surface area (Å²) < 4.78 is 11.3. The summed E-state index contributed by atoms with van der Waals surface area (Å²) in [6, 6.07) is 11.2. The van der Waals surface area contributed by atoms with E-state index in [2.05, 4.69) is 4.98 Å². The minimum Gasteiger partial charge on any atom is -0.489 e. The van der Waals surface area contributed by atoms with Crippen molar-refractivity contribution >= 4 is 11.9 Å². The minimum atomic E-state index is -0.872. The highest BCUT2D eigenvalue weighted by Crippen LogP contribution is 2.42. The van der Waals surface area contributed by atoms with E-state index in [1.54, 1.807) is 17.3 Å². The molecule has 1 amide bonds. The van der Waals surface area contributed by atoms with Gasteiger partial charge < -0.3 is 19.5 Å². The number of carbonyl (C=O) groups is 2. The van der Waals surface area contributed by atoms with Crippen LogP contribution in [0.15, 0.2) is 48.8 Å². The molecule has 1 N–H and O–H groups in total. The van der Waals surface area contributed by atoms with E-state index in [-0.39, 0.29) is 24.8 Å². The van der Waals surface area contributed by atoms with Crippen LogP contribution in [-0.2, 0) is 27.4 Å². The molecule has 152 valence electrons. The second kappa shape index (κ2) is 8.21. The van der Waals surface area contributed by atoms with Crippen LogP contribution in [0.3, 0.4) is 0 Å². The van der Waals surface area contributed by atoms with Crippen LogP contribution in [0.2, 0.25) is 0 Å². The summed E-state index contributed by atoms with van der Waals surface area (Å²) in [6.45, 7) is 1.92. The van der Waals surface area contributed by atoms with Gasteiger partial charge in [0.05, 0.1) is 18.4 Å². The molecule has 0 bridgehead atoms. The lowest BCUT2D eigenvalue weighted by atomic mass is 9.74. The van der Waals surface area contributed by atoms with E-state index in [1.807, 2.05) is 36.4 Å². The van der Waals surface area contributed by atoms with Crippen molar-refractivity contribution in [3.63, 3.8) is 0 Å². The number of carbonyl (C=O) groups excluding carboxylic acids is 1. The third-order valence-corrected chi connectivity index (χ3v) is 5.87. The standard InChI is InChI=1S/C22H24N2O5/c25-20(24-12-18-14-28-8-6-22(18,15-24)21(26)27)10-16-3-1-5-19(9-16)29-13-17-4-2-7-23-11-17/h1-5,7,9,11,18H,6,8,10,12-15H2,(H,26,27)/t18-,22+/m0/s1. The average molecular weight is 396 g/mol. The summed E-state index contributed by atoms with van der Waals surface area (Å²) in [5.41, 5.74) is 0.937. The summed E-state index contributed by atoms with van der Waals surface area (Å²) in [6.07, 6.45) is 4.13. The first-order valence-corrected chi connectivity index (χ1v) is 9.76. The zero-order valence-electron chi connectivity index (χ0n) is 16.1. The van der Waals surface area contributed by atoms with Crippen molar-refractivity contribution in [2.24, 2.45) is 11.3 Å². The van der Waals surface area contributed by atoms with E-state index in [4.69, 9.17) is 9.47 Å². The van der Waals surface area contributed by atoms with Gasteiger partial charge in [-0.3, -0.25) is 14.6 Å². The van der Waals surface area contributed by atoms with E-state index >= 15 is 0 Å². The van der Waals surface area contributed by atoms with Gasteiger partial charge in [0, 0.05) is 43.6 Å². The molecular weight excluding hydrogens is 372 g/mol. The van der Waals surface area contributed by atoms with Crippen LogP contribution in [0.4, 0.5) is 0 Å². The van der Waals surface area contributed by atoms with E-state index in [0.29, 0.717) is 38.5 Å². The van der Waals surface area contributed by atoms with Crippen molar-refractivity contribution in [3.05, 3.63) is 59.9 Å². The number of benzene rings is 1. The van der Waals surface area contributed by atoms with Gasteiger partial charge in [0.1, 0.15) is 12.4 Å². The molecule has 2 fully saturated rings. The number of carboxylic acid groups (broad SMARTS) is 1. The van der Waals surface area contributed by atoms with E-state index in [9.17, 15) is 14.7 Å². The Morgan fingerprint density at radius 3 is 2.90 bits per heavy atom. The second-order valence-electron chi connectivity index (χ2n) is 7.73. The molecule has 0 unspecified atom stereocenters. The van der Waals surface area contributed by atoms with Gasteiger partial charge in [0.2, 0.25) is 5.91 Å². The fraction of sp³-hybridized carbons (Fsp3) is 0.409. The largest absolute Gasteiger partial charge is 0.489 e. The van der Waals surface area contributed by atoms with E-state index < -0.39 is 11.4 Å². The molecule has 1 aromatic heterocycles. The number of aromatic nitrogens is 1. The Kier molecular flexibility index (Phi) is 5.49. The minimum absolute atomic E-state index is 0.0653. The summed E-state index contributed by atoms with van der Waals surface area (Å²) in [4.78, 5) is 30.5. The first kappa shape index (κ1) is 19.4. The number of pyridine rings is 1. The molecule has 2 aliphatic rings. The van der Waals surface area contributed by atoms with E-state index in [1.165, 1.54) is 0 Å². The number of hydrogen-bond acceptors (Lipinski definition) is 5. The Morgan fingerprint density at radius 1 is 1.28 bits per heavy atom. The predicted octanol–water partition coefficient (Wildman–Crippen LogP) is 2.15. The average Bonchev–Trinajstić information content (AvgIpc) is 3.15. The number of fused-ring (bicyclic) bond motifs is 1. The SMILES string of the molecule is O=C(Cc1cccc(OCc2cccnc2)c1)N1C[C@H]2COCC[C@@]2(C(=O)O)C1. The number of ether oxygens (including phenoxy) is 2. The Hall–Kier alpha value is -2.93. The van der Waals surface area contributed by atoms with Gasteiger partial charge in [-0.25, -0.2) is 0 Å². The van der Waals surface area contributed by atoms with Crippen LogP contribution in [0.1, 0.15) is 17.5 Å². The maximum Gasteiger partial charge on any atom is 0.311 e. The molecule has 7 heteroatoms. The van der Waals surface area contributed by atoms with Gasteiger partial charge in [-0.1, -0.05) is 18.2 Å². The highest BCUT2D eigenvalue weighted by Gasteiger charge is 2.54. The summed E-state index contributed by atoms with van der Waals surface area (Å²) in [7, 11) is 0. The quantitative estimate of drug-likeness (QED) is 0.805.